The molecular formula is C28H35N9O3. The Balaban J connectivity index is 1.41. The van der Waals surface area contributed by atoms with E-state index in [1.165, 1.54) is 0 Å². The maximum Gasteiger partial charge on any atom is 0.293 e. The Morgan fingerprint density at radius 3 is 2.80 bits per heavy atom. The van der Waals surface area contributed by atoms with E-state index in [0.29, 0.717) is 18.4 Å². The molecule has 5 rings (SSSR count). The molecule has 0 unspecified atom stereocenters. The molecule has 12 nitrogen and oxygen atoms in total. The summed E-state index contributed by atoms with van der Waals surface area (Å²) in [6.45, 7) is 8.82. The molecular weight excluding hydrogens is 510 g/mol. The summed E-state index contributed by atoms with van der Waals surface area (Å²) in [6.07, 6.45) is 6.05. The molecule has 1 amide bonds. The predicted octanol–water partition coefficient (Wildman–Crippen LogP) is 3.62. The van der Waals surface area contributed by atoms with E-state index in [2.05, 4.69) is 47.9 Å². The summed E-state index contributed by atoms with van der Waals surface area (Å²) in [5.74, 6) is 0.600. The highest BCUT2D eigenvalue weighted by atomic mass is 16.5. The van der Waals surface area contributed by atoms with Crippen molar-refractivity contribution in [3.63, 3.8) is 0 Å². The van der Waals surface area contributed by atoms with Gasteiger partial charge in [-0.15, -0.1) is 0 Å². The van der Waals surface area contributed by atoms with Gasteiger partial charge in [0.2, 0.25) is 11.8 Å². The second-order valence-electron chi connectivity index (χ2n) is 11.0. The Labute approximate surface area is 233 Å². The second kappa shape index (κ2) is 11.5. The van der Waals surface area contributed by atoms with E-state index in [1.807, 2.05) is 46.1 Å². The van der Waals surface area contributed by atoms with Crippen LogP contribution in [0.25, 0.3) is 11.3 Å². The monoisotopic (exact) mass is 545 g/mol. The summed E-state index contributed by atoms with van der Waals surface area (Å²) in [5.41, 5.74) is 4.39. The number of aromatic nitrogens is 6. The zero-order chi connectivity index (χ0) is 28.3. The lowest BCUT2D eigenvalue weighted by Gasteiger charge is -2.20. The van der Waals surface area contributed by atoms with Gasteiger partial charge in [0.1, 0.15) is 0 Å². The average Bonchev–Trinajstić information content (AvgIpc) is 3.55. The Hall–Kier alpha value is -4.16. The Bertz CT molecular complexity index is 1470. The first-order valence-corrected chi connectivity index (χ1v) is 13.3. The third kappa shape index (κ3) is 6.35. The standard InChI is InChI=1S/C28H35N9O3/c1-28(2,3)26-34-24(35-40-26)25(38)32-23-9-11-37(12-13-39-5)16-19-14-18(6-7-21(19)23)22-8-10-29-27(33-22)31-20-15-30-36(4)17-20/h6-8,10,14-15,17,23H,9,11-13,16H2,1-5H3,(H,32,38)(H,29,31,33)/t23-/m1/s1. The van der Waals surface area contributed by atoms with E-state index in [0.717, 1.165) is 54.1 Å². The van der Waals surface area contributed by atoms with Gasteiger partial charge < -0.3 is 19.9 Å². The van der Waals surface area contributed by atoms with Crippen LogP contribution in [0.2, 0.25) is 0 Å². The number of carbonyl (C=O) groups excluding carboxylic acids is 1. The number of fused-ring (bicyclic) bond motifs is 1. The maximum atomic E-state index is 13.1. The van der Waals surface area contributed by atoms with Crippen LogP contribution in [0.15, 0.2) is 47.4 Å². The van der Waals surface area contributed by atoms with Crippen LogP contribution in [0, 0.1) is 0 Å². The van der Waals surface area contributed by atoms with Gasteiger partial charge in [0.15, 0.2) is 0 Å². The molecule has 1 aliphatic rings. The van der Waals surface area contributed by atoms with Gasteiger partial charge in [-0.3, -0.25) is 14.4 Å². The number of nitrogens with one attached hydrogen (secondary N) is 2. The van der Waals surface area contributed by atoms with Gasteiger partial charge in [-0.2, -0.15) is 10.1 Å². The molecule has 4 heterocycles. The molecule has 0 spiro atoms. The molecule has 0 bridgehead atoms. The average molecular weight is 546 g/mol. The molecule has 0 fully saturated rings. The number of benzene rings is 1. The Morgan fingerprint density at radius 1 is 1.23 bits per heavy atom. The Kier molecular flexibility index (Phi) is 7.90. The molecule has 0 saturated heterocycles. The summed E-state index contributed by atoms with van der Waals surface area (Å²) < 4.78 is 12.4. The summed E-state index contributed by atoms with van der Waals surface area (Å²) in [4.78, 5) is 28.9. The molecule has 1 atom stereocenters. The number of ether oxygens (including phenoxy) is 1. The first-order chi connectivity index (χ1) is 19.2. The van der Waals surface area contributed by atoms with Gasteiger partial charge in [-0.25, -0.2) is 9.97 Å². The lowest BCUT2D eigenvalue weighted by Crippen LogP contribution is -2.31. The zero-order valence-corrected chi connectivity index (χ0v) is 23.5. The van der Waals surface area contributed by atoms with Crippen molar-refractivity contribution in [1.82, 2.24) is 40.1 Å². The van der Waals surface area contributed by atoms with Crippen molar-refractivity contribution < 1.29 is 14.1 Å². The zero-order valence-electron chi connectivity index (χ0n) is 23.5. The topological polar surface area (TPSA) is 136 Å². The fourth-order valence-electron chi connectivity index (χ4n) is 4.63. The van der Waals surface area contributed by atoms with Crippen molar-refractivity contribution in [1.29, 1.82) is 0 Å². The normalized spacial score (nSPS) is 15.9. The number of aryl methyl sites for hydroxylation is 1. The lowest BCUT2D eigenvalue weighted by atomic mass is 9.96. The van der Waals surface area contributed by atoms with Crippen molar-refractivity contribution in [2.45, 2.75) is 45.2 Å². The summed E-state index contributed by atoms with van der Waals surface area (Å²) in [5, 5.41) is 14.4. The third-order valence-corrected chi connectivity index (χ3v) is 6.75. The first kappa shape index (κ1) is 27.4. The fraction of sp³-hybridized carbons (Fsp3) is 0.429. The van der Waals surface area contributed by atoms with Gasteiger partial charge in [0.05, 0.1) is 30.2 Å². The molecule has 1 aromatic carbocycles. The number of hydrogen-bond donors (Lipinski definition) is 2. The number of carbonyl (C=O) groups is 1. The molecule has 2 N–H and O–H groups in total. The molecule has 12 heteroatoms. The van der Waals surface area contributed by atoms with Crippen LogP contribution >= 0.6 is 0 Å². The molecule has 210 valence electrons. The highest BCUT2D eigenvalue weighted by molar-refractivity contribution is 5.90. The van der Waals surface area contributed by atoms with Crippen molar-refractivity contribution in [2.24, 2.45) is 7.05 Å². The van der Waals surface area contributed by atoms with Gasteiger partial charge in [-0.1, -0.05) is 38.1 Å². The first-order valence-electron chi connectivity index (χ1n) is 13.3. The SMILES string of the molecule is COCCN1CC[C@@H](NC(=O)c2noc(C(C)(C)C)n2)c2ccc(-c3ccnc(Nc4cnn(C)c4)n3)cc2C1. The summed E-state index contributed by atoms with van der Waals surface area (Å²) in [7, 11) is 3.56. The maximum absolute atomic E-state index is 13.1. The van der Waals surface area contributed by atoms with Gasteiger partial charge >= 0.3 is 0 Å². The van der Waals surface area contributed by atoms with E-state index in [4.69, 9.17) is 14.2 Å². The van der Waals surface area contributed by atoms with Gasteiger partial charge in [0.25, 0.3) is 11.7 Å². The quantitative estimate of drug-likeness (QED) is 0.338. The lowest BCUT2D eigenvalue weighted by molar-refractivity contribution is 0.0917. The highest BCUT2D eigenvalue weighted by Crippen LogP contribution is 2.31. The van der Waals surface area contributed by atoms with Crippen LogP contribution in [-0.4, -0.2) is 67.5 Å². The third-order valence-electron chi connectivity index (χ3n) is 6.75. The minimum Gasteiger partial charge on any atom is -0.383 e. The number of amides is 1. The Morgan fingerprint density at radius 2 is 2.08 bits per heavy atom. The molecule has 40 heavy (non-hydrogen) atoms. The molecule has 0 radical (unpaired) electrons. The van der Waals surface area contributed by atoms with Crippen molar-refractivity contribution in [3.8, 4) is 11.3 Å². The van der Waals surface area contributed by atoms with Crippen molar-refractivity contribution in [2.75, 3.05) is 32.1 Å². The van der Waals surface area contributed by atoms with Crippen LogP contribution in [0.1, 0.15) is 60.9 Å². The number of rotatable bonds is 8. The molecule has 0 saturated carbocycles. The fourth-order valence-corrected chi connectivity index (χ4v) is 4.63. The number of methoxy groups -OCH3 is 1. The minimum atomic E-state index is -0.355. The predicted molar refractivity (Wildman–Crippen MR) is 149 cm³/mol. The summed E-state index contributed by atoms with van der Waals surface area (Å²) in [6, 6.07) is 7.92. The van der Waals surface area contributed by atoms with Crippen LogP contribution in [0.3, 0.4) is 0 Å². The largest absolute Gasteiger partial charge is 0.383 e. The van der Waals surface area contributed by atoms with Gasteiger partial charge in [-0.05, 0) is 29.7 Å². The second-order valence-corrected chi connectivity index (χ2v) is 11.0. The number of anilines is 2. The van der Waals surface area contributed by atoms with E-state index in [-0.39, 0.29) is 23.2 Å². The van der Waals surface area contributed by atoms with E-state index < -0.39 is 0 Å². The number of hydrogen-bond acceptors (Lipinski definition) is 10. The van der Waals surface area contributed by atoms with E-state index in [1.54, 1.807) is 24.2 Å². The molecule has 1 aliphatic heterocycles. The van der Waals surface area contributed by atoms with Crippen LogP contribution in [-0.2, 0) is 23.7 Å². The van der Waals surface area contributed by atoms with Crippen molar-refractivity contribution >= 4 is 17.5 Å². The van der Waals surface area contributed by atoms with Gasteiger partial charge in [0, 0.05) is 57.2 Å². The van der Waals surface area contributed by atoms with Crippen LogP contribution in [0.5, 0.6) is 0 Å². The highest BCUT2D eigenvalue weighted by Gasteiger charge is 2.28. The van der Waals surface area contributed by atoms with Crippen LogP contribution < -0.4 is 10.6 Å². The number of nitrogens with zero attached hydrogens (tertiary/aromatic N) is 7. The van der Waals surface area contributed by atoms with E-state index in [9.17, 15) is 4.79 Å². The van der Waals surface area contributed by atoms with Crippen molar-refractivity contribution in [3.05, 3.63) is 65.7 Å². The molecule has 0 aliphatic carbocycles. The van der Waals surface area contributed by atoms with Crippen LogP contribution in [0.4, 0.5) is 11.6 Å². The summed E-state index contributed by atoms with van der Waals surface area (Å²) >= 11 is 0. The smallest absolute Gasteiger partial charge is 0.293 e. The molecule has 4 aromatic rings. The minimum absolute atomic E-state index is 0.0400. The molecule has 3 aromatic heterocycles. The van der Waals surface area contributed by atoms with E-state index >= 15 is 0 Å².